The number of carbonyl (C=O) groups excluding carboxylic acids is 1. The van der Waals surface area contributed by atoms with Crippen molar-refractivity contribution in [3.63, 3.8) is 0 Å². The van der Waals surface area contributed by atoms with E-state index in [2.05, 4.69) is 6.07 Å². The van der Waals surface area contributed by atoms with Gasteiger partial charge in [0.05, 0.1) is 6.07 Å². The van der Waals surface area contributed by atoms with Gasteiger partial charge in [-0.15, -0.1) is 0 Å². The summed E-state index contributed by atoms with van der Waals surface area (Å²) in [6, 6.07) is 18.5. The Morgan fingerprint density at radius 2 is 1.67 bits per heavy atom. The van der Waals surface area contributed by atoms with Crippen LogP contribution in [-0.4, -0.2) is 5.78 Å². The third-order valence-corrected chi connectivity index (χ3v) is 2.86. The molecule has 2 heteroatoms. The fourth-order valence-electron chi connectivity index (χ4n) is 1.81. The molecule has 0 aromatic heterocycles. The molecular weight excluding hydrogens is 222 g/mol. The van der Waals surface area contributed by atoms with Crippen LogP contribution in [0.5, 0.6) is 0 Å². The van der Waals surface area contributed by atoms with E-state index < -0.39 is 5.92 Å². The van der Waals surface area contributed by atoms with Gasteiger partial charge in [0.25, 0.3) is 0 Å². The van der Waals surface area contributed by atoms with Crippen molar-refractivity contribution in [1.29, 1.82) is 5.26 Å². The van der Waals surface area contributed by atoms with E-state index in [1.165, 1.54) is 0 Å². The number of benzene rings is 2. The van der Waals surface area contributed by atoms with E-state index in [-0.39, 0.29) is 5.78 Å². The predicted molar refractivity (Wildman–Crippen MR) is 70.3 cm³/mol. The summed E-state index contributed by atoms with van der Waals surface area (Å²) in [4.78, 5) is 12.3. The van der Waals surface area contributed by atoms with Crippen LogP contribution in [0.3, 0.4) is 0 Å². The van der Waals surface area contributed by atoms with Crippen molar-refractivity contribution in [3.8, 4) is 6.07 Å². The van der Waals surface area contributed by atoms with Crippen LogP contribution >= 0.6 is 0 Å². The standard InChI is InChI=1S/C16H13NO/c1-12-7-9-14(10-8-12)16(18)15(11-17)13-5-3-2-4-6-13/h2-10,15H,1H3. The molecule has 0 aliphatic heterocycles. The highest BCUT2D eigenvalue weighted by atomic mass is 16.1. The molecule has 0 amide bonds. The molecular formula is C16H13NO. The Morgan fingerprint density at radius 3 is 2.22 bits per heavy atom. The molecule has 2 aromatic rings. The van der Waals surface area contributed by atoms with Crippen molar-refractivity contribution in [1.82, 2.24) is 0 Å². The van der Waals surface area contributed by atoms with Crippen LogP contribution in [0.25, 0.3) is 0 Å². The van der Waals surface area contributed by atoms with Gasteiger partial charge in [0.2, 0.25) is 0 Å². The molecule has 0 aliphatic rings. The summed E-state index contributed by atoms with van der Waals surface area (Å²) in [7, 11) is 0. The molecule has 2 rings (SSSR count). The smallest absolute Gasteiger partial charge is 0.184 e. The summed E-state index contributed by atoms with van der Waals surface area (Å²) in [6.07, 6.45) is 0. The fourth-order valence-corrected chi connectivity index (χ4v) is 1.81. The number of ketones is 1. The number of hydrogen-bond acceptors (Lipinski definition) is 2. The molecule has 2 nitrogen and oxygen atoms in total. The van der Waals surface area contributed by atoms with E-state index in [1.54, 1.807) is 24.3 Å². The monoisotopic (exact) mass is 235 g/mol. The molecule has 0 bridgehead atoms. The van der Waals surface area contributed by atoms with Crippen LogP contribution in [0.2, 0.25) is 0 Å². The maximum absolute atomic E-state index is 12.3. The second kappa shape index (κ2) is 5.29. The first-order chi connectivity index (χ1) is 8.72. The van der Waals surface area contributed by atoms with Gasteiger partial charge in [-0.2, -0.15) is 5.26 Å². The number of hydrogen-bond donors (Lipinski definition) is 0. The number of aryl methyl sites for hydroxylation is 1. The number of rotatable bonds is 3. The lowest BCUT2D eigenvalue weighted by Crippen LogP contribution is -2.11. The molecule has 1 atom stereocenters. The van der Waals surface area contributed by atoms with Crippen LogP contribution < -0.4 is 0 Å². The lowest BCUT2D eigenvalue weighted by molar-refractivity contribution is 0.0979. The molecule has 0 aliphatic carbocycles. The van der Waals surface area contributed by atoms with Crippen LogP contribution in [0.15, 0.2) is 54.6 Å². The average molecular weight is 235 g/mol. The quantitative estimate of drug-likeness (QED) is 0.764. The van der Waals surface area contributed by atoms with Crippen molar-refractivity contribution in [3.05, 3.63) is 71.3 Å². The summed E-state index contributed by atoms with van der Waals surface area (Å²) in [5.41, 5.74) is 2.42. The first-order valence-corrected chi connectivity index (χ1v) is 5.78. The average Bonchev–Trinajstić information content (AvgIpc) is 2.41. The highest BCUT2D eigenvalue weighted by Gasteiger charge is 2.21. The minimum absolute atomic E-state index is 0.149. The van der Waals surface area contributed by atoms with Crippen molar-refractivity contribution in [2.24, 2.45) is 0 Å². The molecule has 0 saturated heterocycles. The zero-order valence-corrected chi connectivity index (χ0v) is 10.1. The molecule has 1 unspecified atom stereocenters. The minimum Gasteiger partial charge on any atom is -0.292 e. The SMILES string of the molecule is Cc1ccc(C(=O)C(C#N)c2ccccc2)cc1. The Morgan fingerprint density at radius 1 is 1.06 bits per heavy atom. The maximum Gasteiger partial charge on any atom is 0.184 e. The Balaban J connectivity index is 2.32. The highest BCUT2D eigenvalue weighted by molar-refractivity contribution is 6.02. The third-order valence-electron chi connectivity index (χ3n) is 2.86. The predicted octanol–water partition coefficient (Wildman–Crippen LogP) is 3.49. The summed E-state index contributed by atoms with van der Waals surface area (Å²) in [6.45, 7) is 1.97. The van der Waals surface area contributed by atoms with Gasteiger partial charge in [-0.25, -0.2) is 0 Å². The minimum atomic E-state index is -0.728. The molecule has 88 valence electrons. The Kier molecular flexibility index (Phi) is 3.54. The number of nitrogens with zero attached hydrogens (tertiary/aromatic N) is 1. The van der Waals surface area contributed by atoms with E-state index in [9.17, 15) is 10.1 Å². The second-order valence-electron chi connectivity index (χ2n) is 4.20. The summed E-state index contributed by atoms with van der Waals surface area (Å²) >= 11 is 0. The Hall–Kier alpha value is -2.40. The number of nitriles is 1. The van der Waals surface area contributed by atoms with Crippen molar-refractivity contribution < 1.29 is 4.79 Å². The van der Waals surface area contributed by atoms with E-state index in [0.717, 1.165) is 11.1 Å². The number of Topliss-reactive ketones (excluding diaryl/α,β-unsaturated/α-hetero) is 1. The zero-order chi connectivity index (χ0) is 13.0. The van der Waals surface area contributed by atoms with E-state index in [1.807, 2.05) is 37.3 Å². The number of carbonyl (C=O) groups is 1. The van der Waals surface area contributed by atoms with E-state index >= 15 is 0 Å². The van der Waals surface area contributed by atoms with Gasteiger partial charge in [0.1, 0.15) is 5.92 Å². The van der Waals surface area contributed by atoms with Crippen LogP contribution in [0.1, 0.15) is 27.4 Å². The second-order valence-corrected chi connectivity index (χ2v) is 4.20. The van der Waals surface area contributed by atoms with Gasteiger partial charge in [0.15, 0.2) is 5.78 Å². The lowest BCUT2D eigenvalue weighted by Gasteiger charge is -2.08. The Bertz CT molecular complexity index is 579. The maximum atomic E-state index is 12.3. The van der Waals surface area contributed by atoms with Crippen molar-refractivity contribution >= 4 is 5.78 Å². The van der Waals surface area contributed by atoms with Gasteiger partial charge < -0.3 is 0 Å². The van der Waals surface area contributed by atoms with Crippen molar-refractivity contribution in [2.45, 2.75) is 12.8 Å². The fraction of sp³-hybridized carbons (Fsp3) is 0.125. The van der Waals surface area contributed by atoms with Gasteiger partial charge in [-0.3, -0.25) is 4.79 Å². The van der Waals surface area contributed by atoms with Gasteiger partial charge in [-0.05, 0) is 12.5 Å². The van der Waals surface area contributed by atoms with Gasteiger partial charge in [0, 0.05) is 5.56 Å². The van der Waals surface area contributed by atoms with E-state index in [4.69, 9.17) is 0 Å². The van der Waals surface area contributed by atoms with Crippen LogP contribution in [-0.2, 0) is 0 Å². The molecule has 0 fully saturated rings. The van der Waals surface area contributed by atoms with E-state index in [0.29, 0.717) is 5.56 Å². The normalized spacial score (nSPS) is 11.6. The largest absolute Gasteiger partial charge is 0.292 e. The molecule has 0 radical (unpaired) electrons. The van der Waals surface area contributed by atoms with Gasteiger partial charge in [-0.1, -0.05) is 60.2 Å². The highest BCUT2D eigenvalue weighted by Crippen LogP contribution is 2.20. The molecule has 0 spiro atoms. The van der Waals surface area contributed by atoms with Crippen molar-refractivity contribution in [2.75, 3.05) is 0 Å². The van der Waals surface area contributed by atoms with Gasteiger partial charge >= 0.3 is 0 Å². The topological polar surface area (TPSA) is 40.9 Å². The molecule has 0 saturated carbocycles. The van der Waals surface area contributed by atoms with Crippen LogP contribution in [0, 0.1) is 18.3 Å². The molecule has 18 heavy (non-hydrogen) atoms. The molecule has 0 N–H and O–H groups in total. The Labute approximate surface area is 107 Å². The summed E-state index contributed by atoms with van der Waals surface area (Å²) in [5.74, 6) is -0.877. The first-order valence-electron chi connectivity index (χ1n) is 5.78. The lowest BCUT2D eigenvalue weighted by atomic mass is 9.92. The van der Waals surface area contributed by atoms with Crippen LogP contribution in [0.4, 0.5) is 0 Å². The first kappa shape index (κ1) is 12.1. The summed E-state index contributed by atoms with van der Waals surface area (Å²) in [5, 5.41) is 9.19. The third kappa shape index (κ3) is 2.46. The summed E-state index contributed by atoms with van der Waals surface area (Å²) < 4.78 is 0. The molecule has 2 aromatic carbocycles. The zero-order valence-electron chi connectivity index (χ0n) is 10.1. The molecule has 0 heterocycles.